The fraction of sp³-hybridized carbons (Fsp3) is 0.333. The zero-order valence-electron chi connectivity index (χ0n) is 21.4. The highest BCUT2D eigenvalue weighted by atomic mass is 35.5. The van der Waals surface area contributed by atoms with Gasteiger partial charge in [-0.3, -0.25) is 10.3 Å². The first kappa shape index (κ1) is 26.1. The Morgan fingerprint density at radius 2 is 1.76 bits per heavy atom. The minimum atomic E-state index is -0.571. The molecule has 1 amide bonds. The zero-order chi connectivity index (χ0) is 25.5. The Hall–Kier alpha value is -3.55. The minimum Gasteiger partial charge on any atom is -0.493 e. The van der Waals surface area contributed by atoms with Crippen LogP contribution in [-0.2, 0) is 17.8 Å². The summed E-state index contributed by atoms with van der Waals surface area (Å²) in [6, 6.07) is 15.4. The van der Waals surface area contributed by atoms with E-state index in [4.69, 9.17) is 19.2 Å². The summed E-state index contributed by atoms with van der Waals surface area (Å²) < 4.78 is 16.6. The van der Waals surface area contributed by atoms with E-state index in [9.17, 15) is 9.90 Å². The van der Waals surface area contributed by atoms with E-state index in [2.05, 4.69) is 5.32 Å². The Morgan fingerprint density at radius 3 is 2.50 bits per heavy atom. The summed E-state index contributed by atoms with van der Waals surface area (Å²) in [5, 5.41) is 17.1. The maximum Gasteiger partial charge on any atom is 0.412 e. The standard InChI is InChI=1S/C30H30N2O5.ClH/c1-35-25-13-21-22(14-26(25)36-2)24-12-19(32-30(34)37-16-17-7-4-3-5-8-17)15-31-28(24)27-23(21)11-18-9-6-10-20(18)29(27)33;/h3-5,7-8,12-15,18,20,29,33H,6,9-11,16H2,1-2H3,(H,32,34);1H/t18?,20-,29-;/m0./s1. The predicted octanol–water partition coefficient (Wildman–Crippen LogP) is 6.58. The minimum absolute atomic E-state index is 0. The van der Waals surface area contributed by atoms with Crippen molar-refractivity contribution < 1.29 is 24.1 Å². The molecule has 198 valence electrons. The molecule has 2 aliphatic carbocycles. The van der Waals surface area contributed by atoms with Gasteiger partial charge in [-0.25, -0.2) is 4.79 Å². The average molecular weight is 535 g/mol. The molecule has 2 aliphatic rings. The van der Waals surface area contributed by atoms with Gasteiger partial charge in [0.2, 0.25) is 0 Å². The normalized spacial score (nSPS) is 19.8. The Labute approximate surface area is 227 Å². The second kappa shape index (κ2) is 10.7. The van der Waals surface area contributed by atoms with Gasteiger partial charge in [0.25, 0.3) is 0 Å². The number of amides is 1. The van der Waals surface area contributed by atoms with Crippen LogP contribution in [0.15, 0.2) is 54.7 Å². The molecular weight excluding hydrogens is 504 g/mol. The third-order valence-corrected chi connectivity index (χ3v) is 7.95. The maximum atomic E-state index is 12.5. The van der Waals surface area contributed by atoms with E-state index >= 15 is 0 Å². The van der Waals surface area contributed by atoms with Crippen molar-refractivity contribution in [2.45, 2.75) is 38.4 Å². The van der Waals surface area contributed by atoms with E-state index in [1.54, 1.807) is 20.4 Å². The number of halogens is 1. The van der Waals surface area contributed by atoms with Gasteiger partial charge in [-0.05, 0) is 71.2 Å². The molecule has 1 aromatic heterocycles. The van der Waals surface area contributed by atoms with E-state index in [1.807, 2.05) is 48.5 Å². The molecule has 38 heavy (non-hydrogen) atoms. The van der Waals surface area contributed by atoms with Gasteiger partial charge in [0.05, 0.1) is 37.7 Å². The number of hydrogen-bond acceptors (Lipinski definition) is 6. The first-order chi connectivity index (χ1) is 18.1. The monoisotopic (exact) mass is 534 g/mol. The van der Waals surface area contributed by atoms with E-state index < -0.39 is 12.2 Å². The van der Waals surface area contributed by atoms with Crippen LogP contribution in [0.5, 0.6) is 11.5 Å². The summed E-state index contributed by atoms with van der Waals surface area (Å²) >= 11 is 0. The second-order valence-electron chi connectivity index (χ2n) is 9.96. The molecule has 0 aliphatic heterocycles. The summed E-state index contributed by atoms with van der Waals surface area (Å²) in [6.45, 7) is 0.176. The van der Waals surface area contributed by atoms with Gasteiger partial charge in [0, 0.05) is 10.9 Å². The van der Waals surface area contributed by atoms with Gasteiger partial charge in [-0.15, -0.1) is 12.4 Å². The van der Waals surface area contributed by atoms with E-state index in [0.717, 1.165) is 64.0 Å². The van der Waals surface area contributed by atoms with Gasteiger partial charge < -0.3 is 19.3 Å². The summed E-state index contributed by atoms with van der Waals surface area (Å²) in [5.74, 6) is 1.98. The molecule has 1 unspecified atom stereocenters. The quantitative estimate of drug-likeness (QED) is 0.281. The first-order valence-corrected chi connectivity index (χ1v) is 12.7. The van der Waals surface area contributed by atoms with Crippen LogP contribution in [0.2, 0.25) is 0 Å². The number of ether oxygens (including phenoxy) is 3. The molecule has 2 N–H and O–H groups in total. The molecule has 7 nitrogen and oxygen atoms in total. The summed E-state index contributed by atoms with van der Waals surface area (Å²) in [5.41, 5.74) is 4.22. The number of hydrogen-bond donors (Lipinski definition) is 2. The Morgan fingerprint density at radius 1 is 1.03 bits per heavy atom. The highest BCUT2D eigenvalue weighted by molar-refractivity contribution is 6.12. The van der Waals surface area contributed by atoms with Crippen molar-refractivity contribution in [1.29, 1.82) is 0 Å². The second-order valence-corrected chi connectivity index (χ2v) is 9.96. The van der Waals surface area contributed by atoms with Gasteiger partial charge in [0.15, 0.2) is 11.5 Å². The lowest BCUT2D eigenvalue weighted by Crippen LogP contribution is -2.26. The lowest BCUT2D eigenvalue weighted by molar-refractivity contribution is 0.0758. The van der Waals surface area contributed by atoms with Crippen molar-refractivity contribution in [3.8, 4) is 11.5 Å². The van der Waals surface area contributed by atoms with Crippen LogP contribution in [0.25, 0.3) is 21.7 Å². The van der Waals surface area contributed by atoms with Crippen molar-refractivity contribution in [3.63, 3.8) is 0 Å². The third-order valence-electron chi connectivity index (χ3n) is 7.95. The van der Waals surface area contributed by atoms with Crippen LogP contribution in [-0.4, -0.2) is 30.4 Å². The van der Waals surface area contributed by atoms with Gasteiger partial charge in [-0.1, -0.05) is 36.8 Å². The van der Waals surface area contributed by atoms with Gasteiger partial charge >= 0.3 is 6.09 Å². The van der Waals surface area contributed by atoms with Crippen LogP contribution >= 0.6 is 12.4 Å². The van der Waals surface area contributed by atoms with Crippen molar-refractivity contribution in [3.05, 3.63) is 71.4 Å². The van der Waals surface area contributed by atoms with Gasteiger partial charge in [0.1, 0.15) is 6.61 Å². The first-order valence-electron chi connectivity index (χ1n) is 12.7. The SMILES string of the molecule is COc1cc2c3c(c4ncc(NC(=O)OCc5ccccc5)cc4c2cc1OC)[C@@H](O)[C@H]1CCCC1C3.Cl. The van der Waals surface area contributed by atoms with Crippen LogP contribution < -0.4 is 14.8 Å². The van der Waals surface area contributed by atoms with Crippen molar-refractivity contribution in [2.24, 2.45) is 11.8 Å². The lowest BCUT2D eigenvalue weighted by atomic mass is 9.73. The Balaban J connectivity index is 0.00000294. The number of nitrogens with zero attached hydrogens (tertiary/aromatic N) is 1. The molecule has 1 saturated carbocycles. The summed E-state index contributed by atoms with van der Waals surface area (Å²) in [4.78, 5) is 17.3. The number of rotatable bonds is 5. The number of carbonyl (C=O) groups is 1. The van der Waals surface area contributed by atoms with Crippen molar-refractivity contribution in [2.75, 3.05) is 19.5 Å². The summed E-state index contributed by atoms with van der Waals surface area (Å²) in [7, 11) is 3.24. The van der Waals surface area contributed by atoms with E-state index in [-0.39, 0.29) is 24.9 Å². The van der Waals surface area contributed by atoms with Crippen molar-refractivity contribution in [1.82, 2.24) is 4.98 Å². The third kappa shape index (κ3) is 4.50. The molecule has 6 rings (SSSR count). The van der Waals surface area contributed by atoms with E-state index in [1.165, 1.54) is 0 Å². The molecule has 0 saturated heterocycles. The van der Waals surface area contributed by atoms with Crippen LogP contribution in [0.3, 0.4) is 0 Å². The van der Waals surface area contributed by atoms with Crippen molar-refractivity contribution >= 4 is 45.9 Å². The smallest absolute Gasteiger partial charge is 0.412 e. The molecule has 4 aromatic rings. The predicted molar refractivity (Wildman–Crippen MR) is 149 cm³/mol. The molecule has 3 atom stereocenters. The number of methoxy groups -OCH3 is 2. The Bertz CT molecular complexity index is 1490. The topological polar surface area (TPSA) is 89.9 Å². The number of nitrogens with one attached hydrogen (secondary N) is 1. The number of aliphatic hydroxyl groups excluding tert-OH is 1. The number of carbonyl (C=O) groups excluding carboxylic acids is 1. The highest BCUT2D eigenvalue weighted by Gasteiger charge is 2.41. The molecule has 3 aromatic carbocycles. The van der Waals surface area contributed by atoms with E-state index in [0.29, 0.717) is 23.1 Å². The number of fused-ring (bicyclic) bond motifs is 7. The number of aliphatic hydroxyl groups is 1. The fourth-order valence-electron chi connectivity index (χ4n) is 6.22. The number of benzene rings is 3. The average Bonchev–Trinajstić information content (AvgIpc) is 3.41. The molecule has 0 bridgehead atoms. The molecule has 0 spiro atoms. The molecular formula is C30H31ClN2O5. The molecule has 0 radical (unpaired) electrons. The fourth-order valence-corrected chi connectivity index (χ4v) is 6.22. The van der Waals surface area contributed by atoms with Crippen LogP contribution in [0.1, 0.15) is 42.1 Å². The molecule has 1 heterocycles. The Kier molecular flexibility index (Phi) is 7.32. The van der Waals surface area contributed by atoms with Crippen LogP contribution in [0.4, 0.5) is 10.5 Å². The largest absolute Gasteiger partial charge is 0.493 e. The number of anilines is 1. The lowest BCUT2D eigenvalue weighted by Gasteiger charge is -2.34. The zero-order valence-corrected chi connectivity index (χ0v) is 22.2. The molecule has 8 heteroatoms. The maximum absolute atomic E-state index is 12.5. The molecule has 1 fully saturated rings. The van der Waals surface area contributed by atoms with Gasteiger partial charge in [-0.2, -0.15) is 0 Å². The van der Waals surface area contributed by atoms with Crippen LogP contribution in [0, 0.1) is 11.8 Å². The highest BCUT2D eigenvalue weighted by Crippen LogP contribution is 2.52. The number of pyridine rings is 1. The number of aromatic nitrogens is 1. The summed E-state index contributed by atoms with van der Waals surface area (Å²) in [6.07, 6.45) is 4.72.